The van der Waals surface area contributed by atoms with Crippen molar-refractivity contribution in [3.05, 3.63) is 59.3 Å². The molecule has 1 aromatic carbocycles. The summed E-state index contributed by atoms with van der Waals surface area (Å²) in [5, 5.41) is 18.3. The number of carbonyl (C=O) groups is 1. The molecule has 1 aromatic rings. The van der Waals surface area contributed by atoms with Crippen LogP contribution in [0.4, 0.5) is 11.4 Å². The highest BCUT2D eigenvalue weighted by Gasteiger charge is 2.29. The van der Waals surface area contributed by atoms with Gasteiger partial charge in [-0.05, 0) is 64.0 Å². The van der Waals surface area contributed by atoms with Crippen LogP contribution in [0.1, 0.15) is 51.5 Å². The van der Waals surface area contributed by atoms with Crippen molar-refractivity contribution in [2.75, 3.05) is 24.7 Å². The molecule has 0 bridgehead atoms. The number of carbonyl (C=O) groups excluding carboxylic acids is 1. The summed E-state index contributed by atoms with van der Waals surface area (Å²) in [6.45, 7) is 15.7. The van der Waals surface area contributed by atoms with Crippen LogP contribution >= 0.6 is 0 Å². The number of aliphatic imine (C=N–C) groups is 1. The van der Waals surface area contributed by atoms with Crippen LogP contribution in [0.15, 0.2) is 58.8 Å². The molecule has 0 spiro atoms. The van der Waals surface area contributed by atoms with Gasteiger partial charge in [0.1, 0.15) is 0 Å². The van der Waals surface area contributed by atoms with Gasteiger partial charge in [0, 0.05) is 48.4 Å². The van der Waals surface area contributed by atoms with Crippen LogP contribution in [-0.2, 0) is 4.79 Å². The largest absolute Gasteiger partial charge is 0.368 e. The lowest BCUT2D eigenvalue weighted by Gasteiger charge is -2.37. The molecule has 1 heterocycles. The third kappa shape index (κ3) is 7.50. The fourth-order valence-corrected chi connectivity index (χ4v) is 4.40. The molecular weight excluding hydrogens is 436 g/mol. The third-order valence-electron chi connectivity index (χ3n) is 6.35. The van der Waals surface area contributed by atoms with Crippen molar-refractivity contribution in [1.82, 2.24) is 10.2 Å². The second kappa shape index (κ2) is 14.0. The Kier molecular flexibility index (Phi) is 11.1. The van der Waals surface area contributed by atoms with Crippen molar-refractivity contribution in [2.45, 2.75) is 58.9 Å². The summed E-state index contributed by atoms with van der Waals surface area (Å²) < 4.78 is 0. The number of nitrogens with zero attached hydrogens (tertiary/aromatic N) is 3. The molecule has 7 nitrogen and oxygen atoms in total. The lowest BCUT2D eigenvalue weighted by molar-refractivity contribution is -0.127. The Labute approximate surface area is 210 Å². The summed E-state index contributed by atoms with van der Waals surface area (Å²) in [6.07, 6.45) is 10.8. The topological polar surface area (TPSA) is 95.6 Å². The van der Waals surface area contributed by atoms with Gasteiger partial charge in [-0.15, -0.1) is 0 Å². The molecule has 1 aliphatic heterocycles. The van der Waals surface area contributed by atoms with Gasteiger partial charge in [0.2, 0.25) is 5.91 Å². The minimum Gasteiger partial charge on any atom is -0.368 e. The first kappa shape index (κ1) is 27.8. The average Bonchev–Trinajstić information content (AvgIpc) is 3.12. The van der Waals surface area contributed by atoms with E-state index in [9.17, 15) is 4.79 Å². The summed E-state index contributed by atoms with van der Waals surface area (Å²) in [5.74, 6) is 0.106. The molecule has 0 radical (unpaired) electrons. The molecule has 3 N–H and O–H groups in total. The number of para-hydroxylation sites is 1. The number of aryl methyl sites for hydroxylation is 1. The first-order valence-electron chi connectivity index (χ1n) is 12.3. The second-order valence-electron chi connectivity index (χ2n) is 8.89. The lowest BCUT2D eigenvalue weighted by Crippen LogP contribution is -2.48. The number of allylic oxidation sites excluding steroid dienone is 3. The monoisotopic (exact) mass is 476 g/mol. The minimum absolute atomic E-state index is 0.0671. The van der Waals surface area contributed by atoms with Gasteiger partial charge in [-0.2, -0.15) is 0 Å². The molecule has 1 amide bonds. The van der Waals surface area contributed by atoms with E-state index < -0.39 is 0 Å². The zero-order valence-electron chi connectivity index (χ0n) is 21.4. The maximum atomic E-state index is 13.2. The summed E-state index contributed by atoms with van der Waals surface area (Å²) >= 11 is 0. The van der Waals surface area contributed by atoms with E-state index in [0.717, 1.165) is 67.4 Å². The van der Waals surface area contributed by atoms with Crippen LogP contribution in [0.25, 0.3) is 0 Å². The van der Waals surface area contributed by atoms with Crippen molar-refractivity contribution in [3.63, 3.8) is 0 Å². The Morgan fingerprint density at radius 1 is 1.34 bits per heavy atom. The van der Waals surface area contributed by atoms with Gasteiger partial charge < -0.3 is 25.9 Å². The van der Waals surface area contributed by atoms with E-state index in [2.05, 4.69) is 48.4 Å². The molecule has 1 unspecified atom stereocenters. The van der Waals surface area contributed by atoms with Gasteiger partial charge in [-0.1, -0.05) is 38.1 Å². The van der Waals surface area contributed by atoms with Crippen LogP contribution in [-0.4, -0.2) is 55.8 Å². The zero-order valence-corrected chi connectivity index (χ0v) is 21.4. The predicted molar refractivity (Wildman–Crippen MR) is 149 cm³/mol. The molecule has 1 saturated heterocycles. The van der Waals surface area contributed by atoms with Crippen LogP contribution in [0, 0.1) is 17.7 Å². The number of likely N-dealkylation sites (tertiary alicyclic amines) is 1. The fraction of sp³-hybridized carbons (Fsp3) is 0.429. The fourth-order valence-electron chi connectivity index (χ4n) is 4.40. The standard InChI is InChI=1S/C28H40N6O/c1-6-7-11-22(3)28(35)33-17-9-8-13-25(19-33)34(20-32-23(4)24(18-30)15-16-29)27-21(2)12-10-14-26(27)31-5/h10-12,14-16,18,25,29-30,32H,4-9,13,17,19-20H2,1-3H3/b22-11+,24-15+,29-16?,30-18?. The van der Waals surface area contributed by atoms with Crippen molar-refractivity contribution in [1.29, 1.82) is 10.8 Å². The first-order valence-corrected chi connectivity index (χ1v) is 12.3. The molecule has 0 saturated carbocycles. The SMILES string of the molecule is C=Nc1cccc(C)c1N(CNC(=C)/C(C=N)=C/C=N)C1CCCCN(C(=O)/C(C)=C/CCC)C1. The maximum Gasteiger partial charge on any atom is 0.249 e. The van der Waals surface area contributed by atoms with Gasteiger partial charge in [0.25, 0.3) is 0 Å². The van der Waals surface area contributed by atoms with Crippen molar-refractivity contribution in [2.24, 2.45) is 4.99 Å². The van der Waals surface area contributed by atoms with Crippen LogP contribution in [0.2, 0.25) is 0 Å². The van der Waals surface area contributed by atoms with Gasteiger partial charge in [-0.25, -0.2) is 0 Å². The zero-order chi connectivity index (χ0) is 25.8. The molecule has 1 fully saturated rings. The Balaban J connectivity index is 2.41. The van der Waals surface area contributed by atoms with Crippen molar-refractivity contribution < 1.29 is 4.79 Å². The average molecular weight is 477 g/mol. The van der Waals surface area contributed by atoms with Gasteiger partial charge in [0.05, 0.1) is 18.0 Å². The number of amides is 1. The van der Waals surface area contributed by atoms with Crippen LogP contribution in [0.3, 0.4) is 0 Å². The van der Waals surface area contributed by atoms with Crippen molar-refractivity contribution >= 4 is 36.4 Å². The smallest absolute Gasteiger partial charge is 0.249 e. The Morgan fingerprint density at radius 2 is 2.11 bits per heavy atom. The van der Waals surface area contributed by atoms with E-state index in [0.29, 0.717) is 24.5 Å². The third-order valence-corrected chi connectivity index (χ3v) is 6.35. The highest BCUT2D eigenvalue weighted by molar-refractivity contribution is 5.93. The normalized spacial score (nSPS) is 16.8. The predicted octanol–water partition coefficient (Wildman–Crippen LogP) is 5.55. The number of benzene rings is 1. The summed E-state index contributed by atoms with van der Waals surface area (Å²) in [6, 6.07) is 6.04. The molecular formula is C28H40N6O. The Hall–Kier alpha value is -3.48. The van der Waals surface area contributed by atoms with Crippen LogP contribution < -0.4 is 10.2 Å². The van der Waals surface area contributed by atoms with E-state index in [1.165, 1.54) is 12.3 Å². The first-order chi connectivity index (χ1) is 16.9. The van der Waals surface area contributed by atoms with E-state index in [4.69, 9.17) is 10.8 Å². The lowest BCUT2D eigenvalue weighted by atomic mass is 10.1. The molecule has 1 aliphatic rings. The molecule has 1 atom stereocenters. The van der Waals surface area contributed by atoms with Gasteiger partial charge >= 0.3 is 0 Å². The molecule has 2 rings (SSSR count). The van der Waals surface area contributed by atoms with Gasteiger partial charge in [0.15, 0.2) is 0 Å². The quantitative estimate of drug-likeness (QED) is 0.160. The summed E-state index contributed by atoms with van der Waals surface area (Å²) in [4.78, 5) is 21.8. The number of hydrogen-bond acceptors (Lipinski definition) is 6. The van der Waals surface area contributed by atoms with E-state index >= 15 is 0 Å². The highest BCUT2D eigenvalue weighted by Crippen LogP contribution is 2.34. The highest BCUT2D eigenvalue weighted by atomic mass is 16.2. The van der Waals surface area contributed by atoms with E-state index in [1.807, 2.05) is 30.0 Å². The molecule has 0 aromatic heterocycles. The molecule has 7 heteroatoms. The van der Waals surface area contributed by atoms with Crippen LogP contribution in [0.5, 0.6) is 0 Å². The second-order valence-corrected chi connectivity index (χ2v) is 8.89. The Bertz CT molecular complexity index is 993. The van der Waals surface area contributed by atoms with Gasteiger partial charge in [-0.3, -0.25) is 9.79 Å². The summed E-state index contributed by atoms with van der Waals surface area (Å²) in [7, 11) is 0. The number of hydrogen-bond donors (Lipinski definition) is 3. The number of unbranched alkanes of at least 4 members (excludes halogenated alkanes) is 1. The van der Waals surface area contributed by atoms with Crippen molar-refractivity contribution in [3.8, 4) is 0 Å². The minimum atomic E-state index is 0.0671. The number of nitrogens with one attached hydrogen (secondary N) is 3. The van der Waals surface area contributed by atoms with E-state index in [-0.39, 0.29) is 11.9 Å². The number of anilines is 1. The molecule has 188 valence electrons. The maximum absolute atomic E-state index is 13.2. The number of rotatable bonds is 12. The summed E-state index contributed by atoms with van der Waals surface area (Å²) in [5.41, 5.74) is 4.76. The van der Waals surface area contributed by atoms with E-state index in [1.54, 1.807) is 0 Å². The molecule has 0 aliphatic carbocycles. The molecule has 35 heavy (non-hydrogen) atoms. The Morgan fingerprint density at radius 3 is 2.77 bits per heavy atom.